The lowest BCUT2D eigenvalue weighted by atomic mass is 10.0. The van der Waals surface area contributed by atoms with Crippen LogP contribution in [-0.4, -0.2) is 56.7 Å². The van der Waals surface area contributed by atoms with E-state index in [1.165, 1.54) is 12.1 Å². The molecule has 1 heterocycles. The van der Waals surface area contributed by atoms with Gasteiger partial charge in [-0.3, -0.25) is 14.4 Å². The average Bonchev–Trinajstić information content (AvgIpc) is 3.55. The molecule has 50 heavy (non-hydrogen) atoms. The van der Waals surface area contributed by atoms with Gasteiger partial charge in [0.2, 0.25) is 17.7 Å². The number of hydrogen-bond donors (Lipinski definition) is 6. The van der Waals surface area contributed by atoms with Crippen LogP contribution in [0.4, 0.5) is 0 Å². The van der Waals surface area contributed by atoms with Gasteiger partial charge >= 0.3 is 5.97 Å². The summed E-state index contributed by atoms with van der Waals surface area (Å²) in [6, 6.07) is 32.4. The van der Waals surface area contributed by atoms with Crippen LogP contribution in [0.3, 0.4) is 0 Å². The minimum absolute atomic E-state index is 0.145. The fraction of sp³-hybridized carbons (Fsp3) is 0.231. The summed E-state index contributed by atoms with van der Waals surface area (Å²) in [5.41, 5.74) is 10.1. The van der Waals surface area contributed by atoms with Gasteiger partial charge < -0.3 is 31.4 Å². The molecule has 0 saturated heterocycles. The summed E-state index contributed by atoms with van der Waals surface area (Å²) in [7, 11) is 0. The van der Waals surface area contributed by atoms with Crippen molar-refractivity contribution in [3.63, 3.8) is 0 Å². The molecule has 0 unspecified atom stereocenters. The van der Waals surface area contributed by atoms with E-state index >= 15 is 0 Å². The number of carbonyl (C=O) groups is 4. The Morgan fingerprint density at radius 1 is 0.680 bits per heavy atom. The number of aromatic nitrogens is 1. The molecule has 11 heteroatoms. The maximum absolute atomic E-state index is 14.0. The molecule has 3 amide bonds. The summed E-state index contributed by atoms with van der Waals surface area (Å²) in [5, 5.41) is 18.0. The van der Waals surface area contributed by atoms with Crippen LogP contribution in [0.15, 0.2) is 121 Å². The molecule has 6 N–H and O–H groups in total. The zero-order valence-corrected chi connectivity index (χ0v) is 28.3. The second kappa shape index (κ2) is 17.3. The minimum Gasteiger partial charge on any atom is -0.478 e. The van der Waals surface area contributed by atoms with E-state index in [2.05, 4.69) is 28.6 Å². The highest BCUT2D eigenvalue weighted by atomic mass is 32.1. The third-order valence-corrected chi connectivity index (χ3v) is 9.16. The SMILES string of the molecule is N[C@@H](Cc1ccc(C(=O)O)cc1)[C@H](S)C(=O)N[C@@H](CCn1ccc2ccccc21)C(=O)N[C@@H](Cc1ccccc1)C(=O)NCc1ccccc1. The highest BCUT2D eigenvalue weighted by Crippen LogP contribution is 2.17. The number of carbonyl (C=O) groups excluding carboxylic acids is 3. The van der Waals surface area contributed by atoms with Crippen molar-refractivity contribution in [2.24, 2.45) is 5.73 Å². The number of fused-ring (bicyclic) bond motifs is 1. The molecule has 0 aliphatic carbocycles. The van der Waals surface area contributed by atoms with Gasteiger partial charge in [0.15, 0.2) is 0 Å². The first kappa shape index (κ1) is 35.9. The lowest BCUT2D eigenvalue weighted by Gasteiger charge is -2.26. The van der Waals surface area contributed by atoms with Crippen LogP contribution in [0.25, 0.3) is 10.9 Å². The number of nitrogens with zero attached hydrogens (tertiary/aromatic N) is 1. The van der Waals surface area contributed by atoms with Gasteiger partial charge in [-0.2, -0.15) is 12.6 Å². The van der Waals surface area contributed by atoms with Crippen molar-refractivity contribution in [1.82, 2.24) is 20.5 Å². The number of carboxylic acid groups (broad SMARTS) is 1. The van der Waals surface area contributed by atoms with E-state index in [9.17, 15) is 24.3 Å². The monoisotopic (exact) mass is 691 g/mol. The Bertz CT molecular complexity index is 1900. The predicted molar refractivity (Wildman–Crippen MR) is 197 cm³/mol. The number of nitrogens with two attached hydrogens (primary N) is 1. The molecule has 0 radical (unpaired) electrons. The number of thiol groups is 1. The van der Waals surface area contributed by atoms with Crippen molar-refractivity contribution in [3.8, 4) is 0 Å². The van der Waals surface area contributed by atoms with Crippen LogP contribution >= 0.6 is 12.6 Å². The molecule has 0 fully saturated rings. The van der Waals surface area contributed by atoms with Gasteiger partial charge in [0.1, 0.15) is 12.1 Å². The third-order valence-electron chi connectivity index (χ3n) is 8.54. The standard InChI is InChI=1S/C39H41N5O5S/c40-31(23-27-15-17-30(18-16-27)39(48)49)35(50)38(47)42-32(20-22-44-21-19-29-13-7-8-14-34(29)44)37(46)43-33(24-26-9-3-1-4-10-26)36(45)41-25-28-11-5-2-6-12-28/h1-19,21,31-33,35,50H,20,22-25,40H2,(H,41,45)(H,42,47)(H,43,46)(H,48,49)/t31-,32-,33-,35-/m0/s1. The van der Waals surface area contributed by atoms with Crippen molar-refractivity contribution in [2.45, 2.75) is 55.7 Å². The summed E-state index contributed by atoms with van der Waals surface area (Å²) in [4.78, 5) is 52.4. The fourth-order valence-corrected chi connectivity index (χ4v) is 5.91. The fourth-order valence-electron chi connectivity index (χ4n) is 5.73. The molecule has 4 aromatic carbocycles. The summed E-state index contributed by atoms with van der Waals surface area (Å²) in [5.74, 6) is -2.43. The van der Waals surface area contributed by atoms with Crippen LogP contribution < -0.4 is 21.7 Å². The van der Waals surface area contributed by atoms with Crippen molar-refractivity contribution < 1.29 is 24.3 Å². The Kier molecular flexibility index (Phi) is 12.4. The van der Waals surface area contributed by atoms with E-state index in [-0.39, 0.29) is 30.7 Å². The Hall–Kier alpha value is -5.39. The summed E-state index contributed by atoms with van der Waals surface area (Å²) in [6.45, 7) is 0.703. The number of aryl methyl sites for hydroxylation is 1. The molecule has 0 spiro atoms. The van der Waals surface area contributed by atoms with Crippen molar-refractivity contribution in [1.29, 1.82) is 0 Å². The number of carboxylic acids is 1. The summed E-state index contributed by atoms with van der Waals surface area (Å²) >= 11 is 4.52. The highest BCUT2D eigenvalue weighted by molar-refractivity contribution is 7.81. The Morgan fingerprint density at radius 3 is 1.96 bits per heavy atom. The number of para-hydroxylation sites is 1. The lowest BCUT2D eigenvalue weighted by molar-refractivity contribution is -0.132. The van der Waals surface area contributed by atoms with Gasteiger partial charge in [0, 0.05) is 37.3 Å². The quantitative estimate of drug-likeness (QED) is 0.0856. The second-order valence-electron chi connectivity index (χ2n) is 12.2. The zero-order chi connectivity index (χ0) is 35.5. The van der Waals surface area contributed by atoms with Crippen molar-refractivity contribution >= 4 is 47.2 Å². The molecule has 0 aliphatic heterocycles. The molecule has 0 saturated carbocycles. The average molecular weight is 692 g/mol. The molecule has 0 aliphatic rings. The van der Waals surface area contributed by atoms with Gasteiger partial charge in [-0.25, -0.2) is 4.79 Å². The maximum Gasteiger partial charge on any atom is 0.335 e. The molecule has 1 aromatic heterocycles. The molecular formula is C39H41N5O5S. The Balaban J connectivity index is 1.32. The van der Waals surface area contributed by atoms with Crippen LogP contribution in [0.2, 0.25) is 0 Å². The van der Waals surface area contributed by atoms with E-state index in [4.69, 9.17) is 5.73 Å². The number of rotatable bonds is 16. The molecule has 5 aromatic rings. The predicted octanol–water partition coefficient (Wildman–Crippen LogP) is 4.13. The minimum atomic E-state index is -1.04. The number of aromatic carboxylic acids is 1. The Labute approximate surface area is 296 Å². The topological polar surface area (TPSA) is 156 Å². The maximum atomic E-state index is 14.0. The normalized spacial score (nSPS) is 13.5. The van der Waals surface area contributed by atoms with E-state index in [0.29, 0.717) is 13.1 Å². The smallest absolute Gasteiger partial charge is 0.335 e. The first-order chi connectivity index (χ1) is 24.2. The van der Waals surface area contributed by atoms with Crippen LogP contribution in [0.5, 0.6) is 0 Å². The van der Waals surface area contributed by atoms with E-state index < -0.39 is 41.2 Å². The first-order valence-corrected chi connectivity index (χ1v) is 17.0. The van der Waals surface area contributed by atoms with Crippen molar-refractivity contribution in [2.75, 3.05) is 0 Å². The largest absolute Gasteiger partial charge is 0.478 e. The van der Waals surface area contributed by atoms with Gasteiger partial charge in [-0.05, 0) is 59.2 Å². The third kappa shape index (κ3) is 9.83. The number of benzene rings is 4. The molecule has 10 nitrogen and oxygen atoms in total. The molecular weight excluding hydrogens is 651 g/mol. The summed E-state index contributed by atoms with van der Waals surface area (Å²) < 4.78 is 2.01. The van der Waals surface area contributed by atoms with Crippen LogP contribution in [0, 0.1) is 0 Å². The van der Waals surface area contributed by atoms with E-state index in [1.807, 2.05) is 102 Å². The van der Waals surface area contributed by atoms with Gasteiger partial charge in [0.25, 0.3) is 0 Å². The first-order valence-electron chi connectivity index (χ1n) is 16.4. The second-order valence-corrected chi connectivity index (χ2v) is 12.7. The number of amides is 3. The molecule has 4 atom stereocenters. The number of nitrogens with one attached hydrogen (secondary N) is 3. The zero-order valence-electron chi connectivity index (χ0n) is 27.4. The summed E-state index contributed by atoms with van der Waals surface area (Å²) in [6.07, 6.45) is 2.67. The van der Waals surface area contributed by atoms with E-state index in [0.717, 1.165) is 27.6 Å². The van der Waals surface area contributed by atoms with Gasteiger partial charge in [0.05, 0.1) is 10.8 Å². The number of hydrogen-bond acceptors (Lipinski definition) is 6. The van der Waals surface area contributed by atoms with Crippen LogP contribution in [0.1, 0.15) is 33.5 Å². The molecule has 5 rings (SSSR count). The van der Waals surface area contributed by atoms with Gasteiger partial charge in [-0.1, -0.05) is 91.0 Å². The van der Waals surface area contributed by atoms with E-state index in [1.54, 1.807) is 12.1 Å². The highest BCUT2D eigenvalue weighted by Gasteiger charge is 2.30. The molecule has 0 bridgehead atoms. The molecule has 258 valence electrons. The van der Waals surface area contributed by atoms with Crippen molar-refractivity contribution in [3.05, 3.63) is 144 Å². The lowest BCUT2D eigenvalue weighted by Crippen LogP contribution is -2.56. The van der Waals surface area contributed by atoms with Gasteiger partial charge in [-0.15, -0.1) is 0 Å². The van der Waals surface area contributed by atoms with Crippen LogP contribution in [-0.2, 0) is 40.3 Å². The Morgan fingerprint density at radius 2 is 1.28 bits per heavy atom.